The van der Waals surface area contributed by atoms with Crippen molar-refractivity contribution in [2.24, 2.45) is 0 Å². The molecule has 4 heterocycles. The Kier molecular flexibility index (Phi) is 5.92. The van der Waals surface area contributed by atoms with Crippen LogP contribution in [0.1, 0.15) is 29.9 Å². The van der Waals surface area contributed by atoms with Crippen LogP contribution in [-0.2, 0) is 25.4 Å². The van der Waals surface area contributed by atoms with E-state index in [0.29, 0.717) is 24.7 Å². The van der Waals surface area contributed by atoms with Crippen molar-refractivity contribution in [2.75, 3.05) is 29.9 Å². The number of aromatic nitrogens is 5. The highest BCUT2D eigenvalue weighted by Crippen LogP contribution is 2.43. The van der Waals surface area contributed by atoms with E-state index in [1.807, 2.05) is 13.0 Å². The summed E-state index contributed by atoms with van der Waals surface area (Å²) in [6, 6.07) is 1.95. The van der Waals surface area contributed by atoms with Gasteiger partial charge in [0.1, 0.15) is 10.6 Å². The summed E-state index contributed by atoms with van der Waals surface area (Å²) in [6.07, 6.45) is -4.46. The normalized spacial score (nSPS) is 14.8. The quantitative estimate of drug-likeness (QED) is 0.399. The van der Waals surface area contributed by atoms with Crippen molar-refractivity contribution >= 4 is 33.3 Å². The molecule has 0 bridgehead atoms. The van der Waals surface area contributed by atoms with Gasteiger partial charge in [-0.1, -0.05) is 6.92 Å². The largest absolute Gasteiger partial charge is 0.461 e. The van der Waals surface area contributed by atoms with Crippen LogP contribution in [0.5, 0.6) is 0 Å². The highest BCUT2D eigenvalue weighted by atomic mass is 32.1. The third-order valence-corrected chi connectivity index (χ3v) is 6.25. The number of nitrogens with one attached hydrogen (secondary N) is 1. The van der Waals surface area contributed by atoms with Gasteiger partial charge in [0.05, 0.1) is 11.9 Å². The van der Waals surface area contributed by atoms with E-state index in [9.17, 15) is 22.0 Å². The zero-order valence-electron chi connectivity index (χ0n) is 17.0. The Morgan fingerprint density at radius 1 is 1.16 bits per heavy atom. The summed E-state index contributed by atoms with van der Waals surface area (Å²) in [5.41, 5.74) is 0. The predicted molar refractivity (Wildman–Crippen MR) is 108 cm³/mol. The smallest absolute Gasteiger partial charge is 0.396 e. The van der Waals surface area contributed by atoms with E-state index in [2.05, 4.69) is 25.5 Å². The van der Waals surface area contributed by atoms with Crippen LogP contribution < -0.4 is 10.2 Å². The van der Waals surface area contributed by atoms with Crippen LogP contribution in [0.4, 0.5) is 33.7 Å². The number of aliphatic hydroxyl groups is 1. The lowest BCUT2D eigenvalue weighted by molar-refractivity contribution is -0.293. The predicted octanol–water partition coefficient (Wildman–Crippen LogP) is 3.31. The van der Waals surface area contributed by atoms with Crippen molar-refractivity contribution in [3.8, 4) is 0 Å². The SMILES string of the molecule is CCc1cc2c(N3CCn4c(nnc4C(F)(F)C(F)(F)F)C3)nc(NCCCO)nc2s1. The molecule has 4 rings (SSSR count). The van der Waals surface area contributed by atoms with Gasteiger partial charge in [-0.3, -0.25) is 0 Å². The minimum absolute atomic E-state index is 0.00247. The molecule has 2 N–H and O–H groups in total. The maximum atomic E-state index is 13.8. The summed E-state index contributed by atoms with van der Waals surface area (Å²) in [6.45, 7) is 2.44. The van der Waals surface area contributed by atoms with E-state index < -0.39 is 17.9 Å². The molecule has 1 aliphatic rings. The lowest BCUT2D eigenvalue weighted by Gasteiger charge is -2.30. The monoisotopic (exact) mass is 477 g/mol. The molecule has 3 aromatic rings. The van der Waals surface area contributed by atoms with Gasteiger partial charge in [0, 0.05) is 31.1 Å². The second-order valence-electron chi connectivity index (χ2n) is 7.25. The molecule has 0 aromatic carbocycles. The van der Waals surface area contributed by atoms with Crippen molar-refractivity contribution in [3.05, 3.63) is 22.6 Å². The first-order chi connectivity index (χ1) is 15.2. The Balaban J connectivity index is 1.68. The van der Waals surface area contributed by atoms with Gasteiger partial charge in [-0.25, -0.2) is 4.98 Å². The van der Waals surface area contributed by atoms with Gasteiger partial charge in [-0.2, -0.15) is 26.9 Å². The summed E-state index contributed by atoms with van der Waals surface area (Å²) in [5, 5.41) is 19.6. The van der Waals surface area contributed by atoms with E-state index in [4.69, 9.17) is 5.11 Å². The van der Waals surface area contributed by atoms with Crippen LogP contribution >= 0.6 is 11.3 Å². The second-order valence-corrected chi connectivity index (χ2v) is 8.36. The Morgan fingerprint density at radius 3 is 2.62 bits per heavy atom. The molecule has 14 heteroatoms. The van der Waals surface area contributed by atoms with Gasteiger partial charge in [0.15, 0.2) is 5.82 Å². The molecule has 174 valence electrons. The Hall–Kier alpha value is -2.61. The van der Waals surface area contributed by atoms with Gasteiger partial charge in [-0.15, -0.1) is 21.5 Å². The highest BCUT2D eigenvalue weighted by Gasteiger charge is 2.62. The van der Waals surface area contributed by atoms with Gasteiger partial charge >= 0.3 is 12.1 Å². The lowest BCUT2D eigenvalue weighted by Crippen LogP contribution is -2.40. The van der Waals surface area contributed by atoms with Crippen molar-refractivity contribution in [2.45, 2.75) is 45.0 Å². The van der Waals surface area contributed by atoms with Crippen LogP contribution in [0.2, 0.25) is 0 Å². The summed E-state index contributed by atoms with van der Waals surface area (Å²) in [5.74, 6) is -5.60. The number of rotatable bonds is 7. The first kappa shape index (κ1) is 22.6. The average Bonchev–Trinajstić information content (AvgIpc) is 3.36. The first-order valence-electron chi connectivity index (χ1n) is 9.93. The molecule has 1 aliphatic heterocycles. The van der Waals surface area contributed by atoms with Crippen LogP contribution in [0.3, 0.4) is 0 Å². The van der Waals surface area contributed by atoms with Gasteiger partial charge in [-0.05, 0) is 18.9 Å². The van der Waals surface area contributed by atoms with E-state index in [-0.39, 0.29) is 32.1 Å². The van der Waals surface area contributed by atoms with E-state index in [1.54, 1.807) is 4.90 Å². The van der Waals surface area contributed by atoms with Gasteiger partial charge in [0.25, 0.3) is 0 Å². The second kappa shape index (κ2) is 8.39. The molecule has 0 aliphatic carbocycles. The molecule has 0 radical (unpaired) electrons. The van der Waals surface area contributed by atoms with Gasteiger partial charge in [0.2, 0.25) is 11.8 Å². The number of thiophene rings is 1. The number of halogens is 5. The molecule has 0 saturated carbocycles. The van der Waals surface area contributed by atoms with Crippen LogP contribution in [-0.4, -0.2) is 55.7 Å². The third-order valence-electron chi connectivity index (χ3n) is 5.08. The number of hydrogen-bond acceptors (Lipinski definition) is 8. The molecule has 0 amide bonds. The molecule has 0 saturated heterocycles. The molecule has 8 nitrogen and oxygen atoms in total. The maximum absolute atomic E-state index is 13.8. The fourth-order valence-electron chi connectivity index (χ4n) is 3.43. The highest BCUT2D eigenvalue weighted by molar-refractivity contribution is 7.18. The Bertz CT molecular complexity index is 1110. The minimum atomic E-state index is -5.75. The number of nitrogens with zero attached hydrogens (tertiary/aromatic N) is 6. The van der Waals surface area contributed by atoms with Gasteiger partial charge < -0.3 is 19.9 Å². The fourth-order valence-corrected chi connectivity index (χ4v) is 4.39. The Labute approximate surface area is 183 Å². The Morgan fingerprint density at radius 2 is 1.94 bits per heavy atom. The van der Waals surface area contributed by atoms with Crippen molar-refractivity contribution in [3.63, 3.8) is 0 Å². The number of fused-ring (bicyclic) bond motifs is 2. The molecule has 0 unspecified atom stereocenters. The van der Waals surface area contributed by atoms with Crippen LogP contribution in [0, 0.1) is 0 Å². The number of alkyl halides is 5. The van der Waals surface area contributed by atoms with E-state index >= 15 is 0 Å². The molecule has 0 spiro atoms. The number of hydrogen-bond donors (Lipinski definition) is 2. The number of aryl methyl sites for hydroxylation is 1. The topological polar surface area (TPSA) is 92.0 Å². The zero-order chi connectivity index (χ0) is 23.1. The third kappa shape index (κ3) is 3.96. The molecular weight excluding hydrogens is 457 g/mol. The molecular formula is C18H20F5N7OS. The standard InChI is InChI=1S/C18H20F5N7OS/c1-2-10-8-11-13(25-16(24-4-3-7-31)26-14(11)32-10)29-5-6-30-12(9-29)27-28-15(30)17(19,20)18(21,22)23/h8,31H,2-7,9H2,1H3,(H,24,25,26). The number of aliphatic hydroxyl groups excluding tert-OH is 1. The number of anilines is 2. The van der Waals surface area contributed by atoms with Crippen molar-refractivity contribution in [1.82, 2.24) is 24.7 Å². The first-order valence-corrected chi connectivity index (χ1v) is 10.7. The van der Waals surface area contributed by atoms with Crippen LogP contribution in [0.25, 0.3) is 10.2 Å². The van der Waals surface area contributed by atoms with Crippen molar-refractivity contribution in [1.29, 1.82) is 0 Å². The molecule has 0 fully saturated rings. The fraction of sp³-hybridized carbons (Fsp3) is 0.556. The molecule has 3 aromatic heterocycles. The molecule has 0 atom stereocenters. The summed E-state index contributed by atoms with van der Waals surface area (Å²) in [7, 11) is 0. The summed E-state index contributed by atoms with van der Waals surface area (Å²) >= 11 is 1.50. The van der Waals surface area contributed by atoms with E-state index in [1.165, 1.54) is 11.3 Å². The van der Waals surface area contributed by atoms with Crippen LogP contribution in [0.15, 0.2) is 6.07 Å². The molecule has 32 heavy (non-hydrogen) atoms. The summed E-state index contributed by atoms with van der Waals surface area (Å²) < 4.78 is 67.0. The summed E-state index contributed by atoms with van der Waals surface area (Å²) in [4.78, 5) is 12.6. The minimum Gasteiger partial charge on any atom is -0.396 e. The average molecular weight is 477 g/mol. The maximum Gasteiger partial charge on any atom is 0.461 e. The van der Waals surface area contributed by atoms with E-state index in [0.717, 1.165) is 26.1 Å². The lowest BCUT2D eigenvalue weighted by atomic mass is 10.2. The zero-order valence-corrected chi connectivity index (χ0v) is 17.8. The van der Waals surface area contributed by atoms with Crippen molar-refractivity contribution < 1.29 is 27.1 Å².